The first-order valence-corrected chi connectivity index (χ1v) is 18.3. The topological polar surface area (TPSA) is 26.3 Å². The van der Waals surface area contributed by atoms with Crippen LogP contribution < -0.4 is 0 Å². The molecule has 5 unspecified atom stereocenters. The molecule has 0 radical (unpaired) electrons. The number of ether oxygens (including phenoxy) is 1. The van der Waals surface area contributed by atoms with Crippen molar-refractivity contribution >= 4 is 64.0 Å². The summed E-state index contributed by atoms with van der Waals surface area (Å²) in [6.07, 6.45) is 25.4. The van der Waals surface area contributed by atoms with Crippen LogP contribution in [0.1, 0.15) is 162 Å². The van der Waals surface area contributed by atoms with Crippen LogP contribution in [0.15, 0.2) is 0 Å². The van der Waals surface area contributed by atoms with Crippen LogP contribution >= 0.6 is 58.0 Å². The largest absolute Gasteiger partial charge is 0.466 e. The second-order valence-electron chi connectivity index (χ2n) is 11.3. The molecule has 234 valence electrons. The lowest BCUT2D eigenvalue weighted by Crippen LogP contribution is -2.18. The number of alkyl halides is 5. The Morgan fingerprint density at radius 2 is 1.05 bits per heavy atom. The van der Waals surface area contributed by atoms with E-state index in [2.05, 4.69) is 13.8 Å². The Kier molecular flexibility index (Phi) is 29.7. The molecule has 0 bridgehead atoms. The van der Waals surface area contributed by atoms with Gasteiger partial charge in [-0.3, -0.25) is 4.79 Å². The van der Waals surface area contributed by atoms with Crippen LogP contribution in [0.2, 0.25) is 0 Å². The molecular weight excluding hydrogens is 594 g/mol. The van der Waals surface area contributed by atoms with E-state index in [0.717, 1.165) is 57.8 Å². The van der Waals surface area contributed by atoms with Crippen molar-refractivity contribution in [2.45, 2.75) is 188 Å². The zero-order chi connectivity index (χ0) is 29.1. The summed E-state index contributed by atoms with van der Waals surface area (Å²) in [4.78, 5) is 12.0. The smallest absolute Gasteiger partial charge is 0.305 e. The summed E-state index contributed by atoms with van der Waals surface area (Å²) in [5.41, 5.74) is 0. The van der Waals surface area contributed by atoms with E-state index < -0.39 is 0 Å². The number of unbranched alkanes of at least 4 members (excludes halogenated alkanes) is 13. The molecule has 0 saturated carbocycles. The second-order valence-corrected chi connectivity index (χ2v) is 14.3. The maximum atomic E-state index is 12.0. The summed E-state index contributed by atoms with van der Waals surface area (Å²) in [6, 6.07) is 0. The first kappa shape index (κ1) is 39.9. The van der Waals surface area contributed by atoms with Gasteiger partial charge < -0.3 is 4.74 Å². The minimum absolute atomic E-state index is 0.0893. The van der Waals surface area contributed by atoms with Gasteiger partial charge in [0.1, 0.15) is 0 Å². The first-order chi connectivity index (χ1) is 18.8. The van der Waals surface area contributed by atoms with E-state index in [-0.39, 0.29) is 32.9 Å². The third kappa shape index (κ3) is 27.5. The summed E-state index contributed by atoms with van der Waals surface area (Å²) in [6.45, 7) is 4.87. The van der Waals surface area contributed by atoms with Gasteiger partial charge in [0.05, 0.1) is 6.61 Å². The van der Waals surface area contributed by atoms with Crippen molar-refractivity contribution in [2.75, 3.05) is 6.61 Å². The van der Waals surface area contributed by atoms with Crippen LogP contribution in [-0.4, -0.2) is 39.5 Å². The lowest BCUT2D eigenvalue weighted by molar-refractivity contribution is -0.143. The highest BCUT2D eigenvalue weighted by Crippen LogP contribution is 2.26. The SMILES string of the molecule is CCCCCCCCCCCCCCCCOC(=O)CCC(Cl)CCC(Cl)C(Cl)CCCC(Cl)CC(Cl)CC. The van der Waals surface area contributed by atoms with Gasteiger partial charge >= 0.3 is 5.97 Å². The fraction of sp³-hybridized carbons (Fsp3) is 0.969. The van der Waals surface area contributed by atoms with Crippen molar-refractivity contribution in [2.24, 2.45) is 0 Å². The van der Waals surface area contributed by atoms with Gasteiger partial charge in [0.2, 0.25) is 0 Å². The number of hydrogen-bond donors (Lipinski definition) is 0. The summed E-state index contributed by atoms with van der Waals surface area (Å²) >= 11 is 32.0. The van der Waals surface area contributed by atoms with Crippen molar-refractivity contribution in [1.29, 1.82) is 0 Å². The van der Waals surface area contributed by atoms with E-state index in [1.54, 1.807) is 0 Å². The Hall–Kier alpha value is 0.920. The maximum Gasteiger partial charge on any atom is 0.305 e. The van der Waals surface area contributed by atoms with Crippen molar-refractivity contribution in [3.8, 4) is 0 Å². The molecule has 0 fully saturated rings. The van der Waals surface area contributed by atoms with Crippen LogP contribution in [-0.2, 0) is 9.53 Å². The molecular formula is C32H59Cl5O2. The summed E-state index contributed by atoms with van der Waals surface area (Å²) in [5.74, 6) is -0.147. The van der Waals surface area contributed by atoms with Gasteiger partial charge in [0, 0.05) is 33.3 Å². The number of hydrogen-bond acceptors (Lipinski definition) is 2. The van der Waals surface area contributed by atoms with Crippen molar-refractivity contribution in [3.05, 3.63) is 0 Å². The number of rotatable bonds is 29. The number of carbonyl (C=O) groups excluding carboxylic acids is 1. The van der Waals surface area contributed by atoms with Gasteiger partial charge in [-0.05, 0) is 51.4 Å². The third-order valence-electron chi connectivity index (χ3n) is 7.52. The molecule has 0 aromatic carbocycles. The molecule has 0 aliphatic heterocycles. The summed E-state index contributed by atoms with van der Waals surface area (Å²) < 4.78 is 5.39. The van der Waals surface area contributed by atoms with Gasteiger partial charge in [-0.2, -0.15) is 0 Å². The van der Waals surface area contributed by atoms with E-state index in [0.29, 0.717) is 19.4 Å². The highest BCUT2D eigenvalue weighted by molar-refractivity contribution is 6.30. The molecule has 39 heavy (non-hydrogen) atoms. The summed E-state index contributed by atoms with van der Waals surface area (Å²) in [5, 5.41) is -0.100. The average Bonchev–Trinajstić information content (AvgIpc) is 2.92. The normalized spacial score (nSPS) is 15.6. The molecule has 0 aromatic heterocycles. The Bertz CT molecular complexity index is 537. The maximum absolute atomic E-state index is 12.0. The zero-order valence-corrected chi connectivity index (χ0v) is 28.8. The number of halogens is 5. The van der Waals surface area contributed by atoms with Crippen LogP contribution in [0.4, 0.5) is 0 Å². The second kappa shape index (κ2) is 29.0. The van der Waals surface area contributed by atoms with E-state index >= 15 is 0 Å². The van der Waals surface area contributed by atoms with Gasteiger partial charge in [0.25, 0.3) is 0 Å². The minimum Gasteiger partial charge on any atom is -0.466 e. The lowest BCUT2D eigenvalue weighted by Gasteiger charge is -2.18. The molecule has 0 aliphatic rings. The van der Waals surface area contributed by atoms with E-state index in [1.165, 1.54) is 77.0 Å². The van der Waals surface area contributed by atoms with Gasteiger partial charge in [-0.25, -0.2) is 0 Å². The van der Waals surface area contributed by atoms with Crippen molar-refractivity contribution in [1.82, 2.24) is 0 Å². The van der Waals surface area contributed by atoms with Gasteiger partial charge in [-0.15, -0.1) is 58.0 Å². The number of carbonyl (C=O) groups is 1. The Morgan fingerprint density at radius 1 is 0.538 bits per heavy atom. The molecule has 0 rings (SSSR count). The Labute approximate surface area is 267 Å². The Morgan fingerprint density at radius 3 is 1.59 bits per heavy atom. The van der Waals surface area contributed by atoms with E-state index in [9.17, 15) is 4.79 Å². The molecule has 7 heteroatoms. The van der Waals surface area contributed by atoms with Crippen LogP contribution in [0, 0.1) is 0 Å². The Balaban J connectivity index is 3.58. The zero-order valence-electron chi connectivity index (χ0n) is 25.1. The molecule has 5 atom stereocenters. The lowest BCUT2D eigenvalue weighted by atomic mass is 10.0. The van der Waals surface area contributed by atoms with Crippen LogP contribution in [0.5, 0.6) is 0 Å². The fourth-order valence-corrected chi connectivity index (χ4v) is 6.21. The third-order valence-corrected chi connectivity index (χ3v) is 10.0. The van der Waals surface area contributed by atoms with E-state index in [1.807, 2.05) is 0 Å². The first-order valence-electron chi connectivity index (χ1n) is 16.2. The molecule has 0 N–H and O–H groups in total. The molecule has 0 amide bonds. The fourth-order valence-electron chi connectivity index (χ4n) is 4.77. The predicted molar refractivity (Wildman–Crippen MR) is 177 cm³/mol. The van der Waals surface area contributed by atoms with Gasteiger partial charge in [0.15, 0.2) is 0 Å². The molecule has 0 aromatic rings. The standard InChI is InChI=1S/C32H59Cl5O2/c1-3-5-6-7-8-9-10-11-12-13-14-15-16-17-25-39-32(38)24-22-28(34)21-23-31(37)30(36)20-18-19-29(35)26-27(33)4-2/h27-31H,3-26H2,1-2H3. The molecule has 0 spiro atoms. The minimum atomic E-state index is -0.147. The monoisotopic (exact) mass is 650 g/mol. The van der Waals surface area contributed by atoms with E-state index in [4.69, 9.17) is 62.7 Å². The predicted octanol–water partition coefficient (Wildman–Crippen LogP) is 12.6. The average molecular weight is 653 g/mol. The van der Waals surface area contributed by atoms with Crippen LogP contribution in [0.25, 0.3) is 0 Å². The van der Waals surface area contributed by atoms with Crippen molar-refractivity contribution in [3.63, 3.8) is 0 Å². The molecule has 0 saturated heterocycles. The summed E-state index contributed by atoms with van der Waals surface area (Å²) in [7, 11) is 0. The van der Waals surface area contributed by atoms with Crippen LogP contribution in [0.3, 0.4) is 0 Å². The number of esters is 1. The molecule has 0 aliphatic carbocycles. The molecule has 0 heterocycles. The highest BCUT2D eigenvalue weighted by Gasteiger charge is 2.20. The van der Waals surface area contributed by atoms with Gasteiger partial charge in [-0.1, -0.05) is 104 Å². The molecule has 2 nitrogen and oxygen atoms in total. The van der Waals surface area contributed by atoms with Crippen molar-refractivity contribution < 1.29 is 9.53 Å². The highest BCUT2D eigenvalue weighted by atomic mass is 35.5. The quantitative estimate of drug-likeness (QED) is 0.0456.